The topological polar surface area (TPSA) is 80.3 Å². The van der Waals surface area contributed by atoms with Gasteiger partial charge in [0, 0.05) is 11.9 Å². The van der Waals surface area contributed by atoms with E-state index in [4.69, 9.17) is 0 Å². The summed E-state index contributed by atoms with van der Waals surface area (Å²) in [6.45, 7) is 9.12. The van der Waals surface area contributed by atoms with Gasteiger partial charge in [0.15, 0.2) is 0 Å². The van der Waals surface area contributed by atoms with Crippen LogP contribution in [0.15, 0.2) is 0 Å². The molecule has 292 valence electrons. The average molecular weight is 919 g/mol. The molecule has 0 aromatic carbocycles. The molecule has 0 aliphatic rings. The Hall–Kier alpha value is 0.537. The Morgan fingerprint density at radius 3 is 0.680 bits per heavy atom. The number of carboxylic acid groups (broad SMARTS) is 2. The van der Waals surface area contributed by atoms with Crippen molar-refractivity contribution in [2.75, 3.05) is 0 Å². The molecule has 0 bridgehead atoms. The van der Waals surface area contributed by atoms with Crippen molar-refractivity contribution in [2.45, 2.75) is 268 Å². The molecule has 0 rings (SSSR count). The first-order valence-electron chi connectivity index (χ1n) is 22.1. The summed E-state index contributed by atoms with van der Waals surface area (Å²) < 4.78 is 3.25. The van der Waals surface area contributed by atoms with E-state index in [9.17, 15) is 19.8 Å². The Kier molecular flexibility index (Phi) is 64.5. The standard InChI is InChI=1S/2C18H36O2.2C4H9.2Sn/c2*1-2-3-4-5-6-7-8-9-10-11-12-13-14-15-16-17-18(19)20;2*1-3-4-2;;/h2*2-17H2,1H3,(H,19,20);2*1,3-4H2,2H3;;/q;;;;+2;+4/p-2. The summed E-state index contributed by atoms with van der Waals surface area (Å²) in [6.07, 6.45) is 45.6. The molecule has 4 nitrogen and oxygen atoms in total. The molecule has 0 N–H and O–H groups in total. The van der Waals surface area contributed by atoms with E-state index < -0.39 is 11.9 Å². The summed E-state index contributed by atoms with van der Waals surface area (Å²) >= 11 is 0.149. The van der Waals surface area contributed by atoms with E-state index in [0.717, 1.165) is 25.7 Å². The van der Waals surface area contributed by atoms with Gasteiger partial charge in [-0.1, -0.05) is 194 Å². The molecular weight excluding hydrogens is 830 g/mol. The van der Waals surface area contributed by atoms with Crippen molar-refractivity contribution in [1.29, 1.82) is 0 Å². The number of carboxylic acids is 2. The van der Waals surface area contributed by atoms with Crippen LogP contribution in [0, 0.1) is 0 Å². The van der Waals surface area contributed by atoms with E-state index in [1.165, 1.54) is 193 Å². The zero-order valence-corrected chi connectivity index (χ0v) is 40.2. The molecular formula is C44H88O4Sn2+4. The molecule has 0 amide bonds. The Bertz CT molecular complexity index is 553. The molecule has 0 unspecified atom stereocenters. The molecule has 0 aromatic rings. The van der Waals surface area contributed by atoms with Gasteiger partial charge < -0.3 is 19.8 Å². The zero-order chi connectivity index (χ0) is 36.7. The van der Waals surface area contributed by atoms with Gasteiger partial charge in [0.25, 0.3) is 0 Å². The van der Waals surface area contributed by atoms with E-state index in [2.05, 4.69) is 27.7 Å². The quantitative estimate of drug-likeness (QED) is 0.0456. The van der Waals surface area contributed by atoms with Crippen molar-refractivity contribution in [3.05, 3.63) is 0 Å². The van der Waals surface area contributed by atoms with Crippen LogP contribution in [0.2, 0.25) is 8.87 Å². The minimum absolute atomic E-state index is 0. The van der Waals surface area contributed by atoms with Crippen molar-refractivity contribution in [1.82, 2.24) is 0 Å². The number of unbranched alkanes of at least 4 members (excludes halogenated alkanes) is 30. The second kappa shape index (κ2) is 56.3. The second-order valence-electron chi connectivity index (χ2n) is 14.6. The van der Waals surface area contributed by atoms with E-state index in [-0.39, 0.29) is 57.9 Å². The molecule has 6 heteroatoms. The van der Waals surface area contributed by atoms with Crippen LogP contribution in [0.5, 0.6) is 0 Å². The second-order valence-corrected chi connectivity index (χ2v) is 18.9. The first kappa shape index (κ1) is 57.3. The summed E-state index contributed by atoms with van der Waals surface area (Å²) in [7, 11) is 0. The van der Waals surface area contributed by atoms with E-state index in [1.807, 2.05) is 0 Å². The predicted molar refractivity (Wildman–Crippen MR) is 220 cm³/mol. The molecule has 0 fully saturated rings. The maximum atomic E-state index is 10.2. The van der Waals surface area contributed by atoms with Gasteiger partial charge in [-0.3, -0.25) is 0 Å². The summed E-state index contributed by atoms with van der Waals surface area (Å²) in [5, 5.41) is 20.4. The summed E-state index contributed by atoms with van der Waals surface area (Å²) in [5.41, 5.74) is 0. The van der Waals surface area contributed by atoms with Crippen LogP contribution in [0.1, 0.15) is 259 Å². The Labute approximate surface area is 342 Å². The molecule has 0 spiro atoms. The van der Waals surface area contributed by atoms with Gasteiger partial charge in [0.2, 0.25) is 0 Å². The smallest absolute Gasteiger partial charge is 4.00 e. The molecule has 0 heterocycles. The molecule has 0 atom stereocenters. The first-order chi connectivity index (χ1) is 24.0. The molecule has 0 aliphatic heterocycles. The molecule has 0 saturated carbocycles. The zero-order valence-electron chi connectivity index (χ0n) is 34.5. The fourth-order valence-corrected chi connectivity index (χ4v) is 10.2. The van der Waals surface area contributed by atoms with Crippen LogP contribution < -0.4 is 10.2 Å². The van der Waals surface area contributed by atoms with E-state index in [0.29, 0.717) is 0 Å². The number of rotatable bonds is 38. The first-order valence-corrected chi connectivity index (χ1v) is 26.1. The summed E-state index contributed by atoms with van der Waals surface area (Å²) in [5.74, 6) is -1.81. The molecule has 50 heavy (non-hydrogen) atoms. The summed E-state index contributed by atoms with van der Waals surface area (Å²) in [4.78, 5) is 20.4. The average Bonchev–Trinajstić information content (AvgIpc) is 3.08. The van der Waals surface area contributed by atoms with E-state index in [1.54, 1.807) is 8.87 Å². The summed E-state index contributed by atoms with van der Waals surface area (Å²) in [6, 6.07) is 0. The van der Waals surface area contributed by atoms with Gasteiger partial charge in [-0.2, -0.15) is 0 Å². The van der Waals surface area contributed by atoms with Crippen molar-refractivity contribution in [3.63, 3.8) is 0 Å². The third kappa shape index (κ3) is 66.7. The van der Waals surface area contributed by atoms with Gasteiger partial charge in [-0.05, 0) is 25.7 Å². The largest absolute Gasteiger partial charge is 4.00 e. The fraction of sp³-hybridized carbons (Fsp3) is 0.955. The molecule has 0 aliphatic carbocycles. The third-order valence-corrected chi connectivity index (χ3v) is 13.4. The SMILES string of the molecule is CCCCCCCCCCCCCCCCCC(=O)[O-].CCCCCCCCCCCCCCCCCC(=O)[O-].CCC[CH2][Sn+2][CH2]CCC.[Sn+4]. The van der Waals surface area contributed by atoms with Crippen LogP contribution in [-0.4, -0.2) is 57.0 Å². The normalized spacial score (nSPS) is 10.3. The van der Waals surface area contributed by atoms with E-state index >= 15 is 0 Å². The van der Waals surface area contributed by atoms with Crippen LogP contribution in [0.25, 0.3) is 0 Å². The fourth-order valence-electron chi connectivity index (χ4n) is 6.01. The van der Waals surface area contributed by atoms with Crippen LogP contribution in [0.3, 0.4) is 0 Å². The molecule has 0 saturated heterocycles. The third-order valence-electron chi connectivity index (χ3n) is 9.38. The Balaban J connectivity index is -0.000000336. The van der Waals surface area contributed by atoms with Gasteiger partial charge in [0.05, 0.1) is 0 Å². The number of hydrogen-bond donors (Lipinski definition) is 0. The monoisotopic (exact) mass is 920 g/mol. The van der Waals surface area contributed by atoms with Crippen LogP contribution >= 0.6 is 0 Å². The molecule has 0 aromatic heterocycles. The van der Waals surface area contributed by atoms with Crippen molar-refractivity contribution < 1.29 is 19.8 Å². The number of carbonyl (C=O) groups excluding carboxylic acids is 2. The minimum atomic E-state index is -0.903. The predicted octanol–water partition coefficient (Wildman–Crippen LogP) is 12.7. The van der Waals surface area contributed by atoms with Gasteiger partial charge in [-0.25, -0.2) is 0 Å². The molecule has 0 radical (unpaired) electrons. The van der Waals surface area contributed by atoms with Crippen molar-refractivity contribution in [2.24, 2.45) is 0 Å². The van der Waals surface area contributed by atoms with Crippen LogP contribution in [-0.2, 0) is 9.59 Å². The number of carbonyl (C=O) groups is 2. The van der Waals surface area contributed by atoms with Crippen molar-refractivity contribution in [3.8, 4) is 0 Å². The minimum Gasteiger partial charge on any atom is 4.00 e. The Morgan fingerprint density at radius 2 is 0.500 bits per heavy atom. The number of hydrogen-bond acceptors (Lipinski definition) is 4. The van der Waals surface area contributed by atoms with Crippen LogP contribution in [0.4, 0.5) is 0 Å². The van der Waals surface area contributed by atoms with Gasteiger partial charge >= 0.3 is 93.5 Å². The maximum Gasteiger partial charge on any atom is 4.00 e. The van der Waals surface area contributed by atoms with Gasteiger partial charge in [-0.15, -0.1) is 0 Å². The van der Waals surface area contributed by atoms with Crippen molar-refractivity contribution >= 4 is 57.0 Å². The number of aliphatic carboxylic acids is 2. The van der Waals surface area contributed by atoms with Gasteiger partial charge in [0.1, 0.15) is 0 Å². The maximum absolute atomic E-state index is 10.2. The Morgan fingerprint density at radius 1 is 0.320 bits per heavy atom.